The lowest BCUT2D eigenvalue weighted by atomic mass is 9.48. The number of hydrogen-bond donors (Lipinski definition) is 2. The van der Waals surface area contributed by atoms with E-state index in [4.69, 9.17) is 11.5 Å². The Hall–Kier alpha value is -0.0800. The third-order valence-electron chi connectivity index (χ3n) is 5.55. The normalized spacial score (nSPS) is 45.6. The smallest absolute Gasteiger partial charge is 0.00366 e. The van der Waals surface area contributed by atoms with Crippen molar-refractivity contribution in [2.24, 2.45) is 40.6 Å². The van der Waals surface area contributed by atoms with Gasteiger partial charge in [-0.15, -0.1) is 0 Å². The van der Waals surface area contributed by atoms with Crippen LogP contribution in [0, 0.1) is 29.1 Å². The van der Waals surface area contributed by atoms with Crippen LogP contribution in [0.2, 0.25) is 0 Å². The number of rotatable bonds is 4. The van der Waals surface area contributed by atoms with E-state index in [1.807, 2.05) is 0 Å². The first-order chi connectivity index (χ1) is 7.73. The maximum Gasteiger partial charge on any atom is -0.00366 e. The van der Waals surface area contributed by atoms with Crippen molar-refractivity contribution in [2.45, 2.75) is 44.9 Å². The van der Waals surface area contributed by atoms with Crippen LogP contribution in [0.15, 0.2) is 0 Å². The average Bonchev–Trinajstić information content (AvgIpc) is 2.24. The molecule has 0 saturated heterocycles. The van der Waals surface area contributed by atoms with Gasteiger partial charge in [0, 0.05) is 0 Å². The molecule has 0 aliphatic heterocycles. The third-order valence-corrected chi connectivity index (χ3v) is 5.55. The zero-order valence-electron chi connectivity index (χ0n) is 10.3. The SMILES string of the molecule is NCC(CN)CC12CC3CC(CC(C3)C1)C2. The van der Waals surface area contributed by atoms with Crippen LogP contribution in [0.3, 0.4) is 0 Å². The second-order valence-corrected chi connectivity index (χ2v) is 6.96. The summed E-state index contributed by atoms with van der Waals surface area (Å²) >= 11 is 0. The Labute approximate surface area is 99.1 Å². The molecule has 0 unspecified atom stereocenters. The highest BCUT2D eigenvalue weighted by atomic mass is 14.6. The Kier molecular flexibility index (Phi) is 2.75. The lowest BCUT2D eigenvalue weighted by molar-refractivity contribution is -0.0642. The first kappa shape index (κ1) is 11.0. The van der Waals surface area contributed by atoms with Gasteiger partial charge in [0.2, 0.25) is 0 Å². The van der Waals surface area contributed by atoms with Crippen LogP contribution in [0.5, 0.6) is 0 Å². The van der Waals surface area contributed by atoms with Crippen LogP contribution >= 0.6 is 0 Å². The molecule has 0 atom stereocenters. The molecule has 2 heteroatoms. The van der Waals surface area contributed by atoms with Crippen LogP contribution in [-0.4, -0.2) is 13.1 Å². The van der Waals surface area contributed by atoms with Gasteiger partial charge in [-0.2, -0.15) is 0 Å². The molecular weight excluding hydrogens is 196 g/mol. The molecule has 4 rings (SSSR count). The lowest BCUT2D eigenvalue weighted by Crippen LogP contribution is -2.47. The molecule has 2 nitrogen and oxygen atoms in total. The Morgan fingerprint density at radius 2 is 1.31 bits per heavy atom. The van der Waals surface area contributed by atoms with E-state index in [2.05, 4.69) is 0 Å². The summed E-state index contributed by atoms with van der Waals surface area (Å²) in [7, 11) is 0. The van der Waals surface area contributed by atoms with Crippen LogP contribution in [0.4, 0.5) is 0 Å². The molecule has 4 aliphatic carbocycles. The van der Waals surface area contributed by atoms with E-state index in [1.165, 1.54) is 44.9 Å². The van der Waals surface area contributed by atoms with Gasteiger partial charge < -0.3 is 11.5 Å². The van der Waals surface area contributed by atoms with Gasteiger partial charge in [-0.1, -0.05) is 0 Å². The van der Waals surface area contributed by atoms with Crippen molar-refractivity contribution in [3.8, 4) is 0 Å². The largest absolute Gasteiger partial charge is 0.330 e. The molecule has 4 N–H and O–H groups in total. The minimum absolute atomic E-state index is 0.580. The fraction of sp³-hybridized carbons (Fsp3) is 1.00. The van der Waals surface area contributed by atoms with Crippen molar-refractivity contribution in [1.82, 2.24) is 0 Å². The maximum atomic E-state index is 5.83. The van der Waals surface area contributed by atoms with Gasteiger partial charge >= 0.3 is 0 Å². The van der Waals surface area contributed by atoms with Crippen molar-refractivity contribution in [3.63, 3.8) is 0 Å². The van der Waals surface area contributed by atoms with E-state index in [9.17, 15) is 0 Å². The van der Waals surface area contributed by atoms with Crippen LogP contribution < -0.4 is 11.5 Å². The molecule has 4 saturated carbocycles. The second-order valence-electron chi connectivity index (χ2n) is 6.96. The lowest BCUT2D eigenvalue weighted by Gasteiger charge is -2.57. The summed E-state index contributed by atoms with van der Waals surface area (Å²) in [6.07, 6.45) is 10.4. The van der Waals surface area contributed by atoms with E-state index in [-0.39, 0.29) is 0 Å². The molecule has 4 fully saturated rings. The van der Waals surface area contributed by atoms with Crippen molar-refractivity contribution in [3.05, 3.63) is 0 Å². The van der Waals surface area contributed by atoms with Crippen molar-refractivity contribution in [1.29, 1.82) is 0 Å². The summed E-state index contributed by atoms with van der Waals surface area (Å²) in [6, 6.07) is 0. The highest BCUT2D eigenvalue weighted by Crippen LogP contribution is 2.61. The molecule has 0 spiro atoms. The summed E-state index contributed by atoms with van der Waals surface area (Å²) in [6.45, 7) is 1.58. The zero-order chi connectivity index (χ0) is 11.2. The number of hydrogen-bond acceptors (Lipinski definition) is 2. The molecule has 4 bridgehead atoms. The average molecular weight is 222 g/mol. The summed E-state index contributed by atoms with van der Waals surface area (Å²) in [4.78, 5) is 0. The fourth-order valence-electron chi connectivity index (χ4n) is 5.42. The second kappa shape index (κ2) is 3.99. The molecule has 0 aromatic carbocycles. The van der Waals surface area contributed by atoms with Gasteiger partial charge in [0.1, 0.15) is 0 Å². The van der Waals surface area contributed by atoms with Gasteiger partial charge in [-0.3, -0.25) is 0 Å². The molecule has 0 amide bonds. The van der Waals surface area contributed by atoms with E-state index >= 15 is 0 Å². The van der Waals surface area contributed by atoms with Crippen LogP contribution in [0.1, 0.15) is 44.9 Å². The van der Waals surface area contributed by atoms with Crippen molar-refractivity contribution in [2.75, 3.05) is 13.1 Å². The predicted octanol–water partition coefficient (Wildman–Crippen LogP) is 2.13. The highest BCUT2D eigenvalue weighted by molar-refractivity contribution is 5.02. The highest BCUT2D eigenvalue weighted by Gasteiger charge is 2.50. The van der Waals surface area contributed by atoms with Crippen LogP contribution in [0.25, 0.3) is 0 Å². The van der Waals surface area contributed by atoms with Gasteiger partial charge in [-0.05, 0) is 87.1 Å². The fourth-order valence-corrected chi connectivity index (χ4v) is 5.42. The number of nitrogens with two attached hydrogens (primary N) is 2. The van der Waals surface area contributed by atoms with Crippen LogP contribution in [-0.2, 0) is 0 Å². The summed E-state index contributed by atoms with van der Waals surface area (Å²) in [5, 5.41) is 0. The van der Waals surface area contributed by atoms with Gasteiger partial charge in [0.05, 0.1) is 0 Å². The van der Waals surface area contributed by atoms with E-state index < -0.39 is 0 Å². The summed E-state index contributed by atoms with van der Waals surface area (Å²) in [5.74, 6) is 3.75. The van der Waals surface area contributed by atoms with Crippen molar-refractivity contribution < 1.29 is 0 Å². The topological polar surface area (TPSA) is 52.0 Å². The Morgan fingerprint density at radius 1 is 0.875 bits per heavy atom. The van der Waals surface area contributed by atoms with Gasteiger partial charge in [0.15, 0.2) is 0 Å². The Bertz CT molecular complexity index is 222. The Balaban J connectivity index is 1.73. The van der Waals surface area contributed by atoms with Gasteiger partial charge in [0.25, 0.3) is 0 Å². The maximum absolute atomic E-state index is 5.83. The minimum Gasteiger partial charge on any atom is -0.330 e. The van der Waals surface area contributed by atoms with E-state index in [1.54, 1.807) is 0 Å². The zero-order valence-corrected chi connectivity index (χ0v) is 10.3. The molecule has 92 valence electrons. The quantitative estimate of drug-likeness (QED) is 0.765. The molecular formula is C14H26N2. The van der Waals surface area contributed by atoms with Crippen molar-refractivity contribution >= 4 is 0 Å². The predicted molar refractivity (Wildman–Crippen MR) is 66.8 cm³/mol. The summed E-state index contributed by atoms with van der Waals surface area (Å²) < 4.78 is 0. The molecule has 0 aromatic rings. The molecule has 4 aliphatic rings. The van der Waals surface area contributed by atoms with Gasteiger partial charge in [-0.25, -0.2) is 0 Å². The first-order valence-corrected chi connectivity index (χ1v) is 7.13. The molecule has 0 radical (unpaired) electrons. The standard InChI is InChI=1S/C14H26N2/c15-8-13(9-16)7-14-4-10-1-11(5-14)3-12(2-10)6-14/h10-13H,1-9,15-16H2. The van der Waals surface area contributed by atoms with E-state index in [0.717, 1.165) is 30.8 Å². The minimum atomic E-state index is 0.580. The molecule has 0 heterocycles. The molecule has 16 heavy (non-hydrogen) atoms. The third kappa shape index (κ3) is 1.80. The first-order valence-electron chi connectivity index (χ1n) is 7.13. The summed E-state index contributed by atoms with van der Waals surface area (Å²) in [5.41, 5.74) is 12.3. The Morgan fingerprint density at radius 3 is 1.69 bits per heavy atom. The molecule has 0 aromatic heterocycles. The monoisotopic (exact) mass is 222 g/mol. The van der Waals surface area contributed by atoms with E-state index in [0.29, 0.717) is 11.3 Å².